The van der Waals surface area contributed by atoms with Gasteiger partial charge in [-0.15, -0.1) is 0 Å². The van der Waals surface area contributed by atoms with Crippen molar-refractivity contribution in [3.05, 3.63) is 69.8 Å². The molecule has 1 fully saturated rings. The molecule has 1 saturated heterocycles. The van der Waals surface area contributed by atoms with E-state index < -0.39 is 0 Å². The number of hydrogen-bond acceptors (Lipinski definition) is 5. The second kappa shape index (κ2) is 8.22. The summed E-state index contributed by atoms with van der Waals surface area (Å²) >= 11 is 12.8. The van der Waals surface area contributed by atoms with E-state index in [2.05, 4.69) is 45.6 Å². The fourth-order valence-corrected chi connectivity index (χ4v) is 6.09. The zero-order valence-electron chi connectivity index (χ0n) is 19.0. The maximum atomic E-state index is 6.75. The first-order chi connectivity index (χ1) is 16.5. The molecule has 1 spiro atoms. The molecular weight excluding hydrogens is 467 g/mol. The lowest BCUT2D eigenvalue weighted by Crippen LogP contribution is -2.44. The van der Waals surface area contributed by atoms with Crippen LogP contribution < -0.4 is 10.6 Å². The topological polar surface area (TPSA) is 72.9 Å². The molecule has 4 aromatic rings. The number of fused-ring (bicyclic) bond motifs is 2. The second-order valence-electron chi connectivity index (χ2n) is 9.36. The van der Waals surface area contributed by atoms with Crippen LogP contribution in [-0.4, -0.2) is 32.6 Å². The molecule has 2 aromatic heterocycles. The smallest absolute Gasteiger partial charge is 0.227 e. The average Bonchev–Trinajstić information content (AvgIpc) is 3.36. The summed E-state index contributed by atoms with van der Waals surface area (Å²) in [5.74, 6) is 1.49. The van der Waals surface area contributed by atoms with Crippen molar-refractivity contribution in [3.8, 4) is 11.4 Å². The van der Waals surface area contributed by atoms with Crippen molar-refractivity contribution >= 4 is 40.3 Å². The van der Waals surface area contributed by atoms with E-state index in [1.807, 2.05) is 18.3 Å². The fourth-order valence-electron chi connectivity index (χ4n) is 5.70. The number of nitrogens with zero attached hydrogens (tertiary/aromatic N) is 5. The zero-order chi connectivity index (χ0) is 23.4. The van der Waals surface area contributed by atoms with Crippen LogP contribution in [0.4, 0.5) is 5.95 Å². The summed E-state index contributed by atoms with van der Waals surface area (Å²) in [6.45, 7) is 4.57. The van der Waals surface area contributed by atoms with Crippen molar-refractivity contribution < 1.29 is 0 Å². The molecule has 6 nitrogen and oxygen atoms in total. The van der Waals surface area contributed by atoms with Gasteiger partial charge in [0.25, 0.3) is 0 Å². The van der Waals surface area contributed by atoms with E-state index in [1.165, 1.54) is 11.1 Å². The van der Waals surface area contributed by atoms with Gasteiger partial charge in [0, 0.05) is 31.2 Å². The Balaban J connectivity index is 1.30. The molecule has 1 aliphatic heterocycles. The Kier molecular flexibility index (Phi) is 5.28. The fraction of sp³-hybridized carbons (Fsp3) is 0.346. The van der Waals surface area contributed by atoms with Crippen molar-refractivity contribution in [3.63, 3.8) is 0 Å². The lowest BCUT2D eigenvalue weighted by molar-refractivity contribution is 0.187. The summed E-state index contributed by atoms with van der Waals surface area (Å²) < 4.78 is 2.08. The molecule has 174 valence electrons. The third-order valence-electron chi connectivity index (χ3n) is 7.62. The lowest BCUT2D eigenvalue weighted by Gasteiger charge is -2.42. The van der Waals surface area contributed by atoms with Crippen LogP contribution in [0.15, 0.2) is 48.7 Å². The summed E-state index contributed by atoms with van der Waals surface area (Å²) in [5, 5.41) is 1.01. The molecule has 0 bridgehead atoms. The minimum absolute atomic E-state index is 0.0979. The molecule has 2 aliphatic rings. The molecule has 1 aliphatic carbocycles. The number of nitrogens with two attached hydrogens (primary N) is 1. The highest BCUT2D eigenvalue weighted by Gasteiger charge is 2.46. The first-order valence-electron chi connectivity index (χ1n) is 11.8. The Morgan fingerprint density at radius 2 is 1.85 bits per heavy atom. The van der Waals surface area contributed by atoms with Gasteiger partial charge in [-0.3, -0.25) is 0 Å². The summed E-state index contributed by atoms with van der Waals surface area (Å²) in [5.41, 5.74) is 12.0. The van der Waals surface area contributed by atoms with Gasteiger partial charge in [0.2, 0.25) is 5.95 Å². The van der Waals surface area contributed by atoms with Gasteiger partial charge >= 0.3 is 0 Å². The minimum Gasteiger partial charge on any atom is -0.341 e. The Morgan fingerprint density at radius 3 is 2.62 bits per heavy atom. The standard InChI is InChI=1S/C26H26Cl2N6/c1-2-34-23(18-8-5-9-19(27)21(18)28)31-20-15-30-25(32-24(20)34)33-12-10-26(11-13-33)14-16-6-3-4-7-17(16)22(26)29/h3-9,15,22H,2,10-14,29H2,1H3/t22-/m1/s1. The third-order valence-corrected chi connectivity index (χ3v) is 8.44. The van der Waals surface area contributed by atoms with E-state index in [0.717, 1.165) is 60.9 Å². The van der Waals surface area contributed by atoms with Crippen LogP contribution in [0.5, 0.6) is 0 Å². The van der Waals surface area contributed by atoms with E-state index >= 15 is 0 Å². The highest BCUT2D eigenvalue weighted by atomic mass is 35.5. The number of benzene rings is 2. The van der Waals surface area contributed by atoms with Crippen LogP contribution in [0.1, 0.15) is 36.9 Å². The Bertz CT molecular complexity index is 1390. The van der Waals surface area contributed by atoms with Crippen molar-refractivity contribution in [1.82, 2.24) is 19.5 Å². The van der Waals surface area contributed by atoms with Crippen LogP contribution in [0.25, 0.3) is 22.6 Å². The van der Waals surface area contributed by atoms with Gasteiger partial charge in [0.1, 0.15) is 11.3 Å². The first kappa shape index (κ1) is 21.8. The minimum atomic E-state index is 0.0979. The van der Waals surface area contributed by atoms with Gasteiger partial charge in [-0.2, -0.15) is 4.98 Å². The average molecular weight is 493 g/mol. The number of halogens is 2. The highest BCUT2D eigenvalue weighted by Crippen LogP contribution is 2.50. The van der Waals surface area contributed by atoms with Gasteiger partial charge in [-0.1, -0.05) is 53.5 Å². The van der Waals surface area contributed by atoms with Gasteiger partial charge in [0.15, 0.2) is 5.65 Å². The van der Waals surface area contributed by atoms with Crippen molar-refractivity contribution in [1.29, 1.82) is 0 Å². The summed E-state index contributed by atoms with van der Waals surface area (Å²) in [4.78, 5) is 16.7. The molecule has 0 saturated carbocycles. The molecular formula is C26H26Cl2N6. The molecule has 34 heavy (non-hydrogen) atoms. The molecule has 0 unspecified atom stereocenters. The van der Waals surface area contributed by atoms with Crippen LogP contribution in [0.3, 0.4) is 0 Å². The monoisotopic (exact) mass is 492 g/mol. The van der Waals surface area contributed by atoms with Gasteiger partial charge in [-0.05, 0) is 54.9 Å². The molecule has 3 heterocycles. The molecule has 1 atom stereocenters. The Morgan fingerprint density at radius 1 is 1.06 bits per heavy atom. The normalized spacial score (nSPS) is 19.2. The maximum absolute atomic E-state index is 6.75. The summed E-state index contributed by atoms with van der Waals surface area (Å²) in [7, 11) is 0. The summed E-state index contributed by atoms with van der Waals surface area (Å²) in [6.07, 6.45) is 4.93. The molecule has 6 rings (SSSR count). The molecule has 2 N–H and O–H groups in total. The molecule has 2 aromatic carbocycles. The second-order valence-corrected chi connectivity index (χ2v) is 10.1. The van der Waals surface area contributed by atoms with Crippen LogP contribution in [-0.2, 0) is 13.0 Å². The summed E-state index contributed by atoms with van der Waals surface area (Å²) in [6, 6.07) is 14.3. The van der Waals surface area contributed by atoms with Gasteiger partial charge in [-0.25, -0.2) is 9.97 Å². The predicted octanol–water partition coefficient (Wildman–Crippen LogP) is 5.66. The van der Waals surface area contributed by atoms with Crippen LogP contribution in [0, 0.1) is 5.41 Å². The number of rotatable bonds is 3. The maximum Gasteiger partial charge on any atom is 0.227 e. The quantitative estimate of drug-likeness (QED) is 0.399. The lowest BCUT2D eigenvalue weighted by atomic mass is 9.73. The number of aryl methyl sites for hydroxylation is 1. The Hall–Kier alpha value is -2.67. The number of aromatic nitrogens is 4. The SMILES string of the molecule is CCn1c(-c2cccc(Cl)c2Cl)nc2cnc(N3CCC4(CC3)Cc3ccccc3[C@H]4N)nc21. The number of anilines is 1. The van der Waals surface area contributed by atoms with Gasteiger partial charge in [0.05, 0.1) is 16.2 Å². The number of imidazole rings is 1. The van der Waals surface area contributed by atoms with E-state index in [4.69, 9.17) is 38.9 Å². The largest absolute Gasteiger partial charge is 0.341 e. The zero-order valence-corrected chi connectivity index (χ0v) is 20.5. The molecule has 0 amide bonds. The molecule has 0 radical (unpaired) electrons. The number of piperidine rings is 1. The van der Waals surface area contributed by atoms with E-state index in [9.17, 15) is 0 Å². The van der Waals surface area contributed by atoms with Crippen LogP contribution in [0.2, 0.25) is 10.0 Å². The van der Waals surface area contributed by atoms with Gasteiger partial charge < -0.3 is 15.2 Å². The number of hydrogen-bond donors (Lipinski definition) is 1. The van der Waals surface area contributed by atoms with E-state index in [-0.39, 0.29) is 11.5 Å². The molecule has 8 heteroatoms. The highest BCUT2D eigenvalue weighted by molar-refractivity contribution is 6.43. The van der Waals surface area contributed by atoms with Crippen molar-refractivity contribution in [2.24, 2.45) is 11.1 Å². The van der Waals surface area contributed by atoms with Crippen LogP contribution >= 0.6 is 23.2 Å². The Labute approximate surface area is 208 Å². The van der Waals surface area contributed by atoms with Crippen molar-refractivity contribution in [2.45, 2.75) is 38.8 Å². The van der Waals surface area contributed by atoms with E-state index in [1.54, 1.807) is 6.07 Å². The predicted molar refractivity (Wildman–Crippen MR) is 137 cm³/mol. The van der Waals surface area contributed by atoms with Crippen molar-refractivity contribution in [2.75, 3.05) is 18.0 Å². The first-order valence-corrected chi connectivity index (χ1v) is 12.5. The van der Waals surface area contributed by atoms with E-state index in [0.29, 0.717) is 16.6 Å². The third kappa shape index (κ3) is 3.31.